The van der Waals surface area contributed by atoms with Crippen LogP contribution in [0.5, 0.6) is 11.5 Å². The summed E-state index contributed by atoms with van der Waals surface area (Å²) in [6, 6.07) is 14.4. The fraction of sp³-hybridized carbons (Fsp3) is 0.125. The van der Waals surface area contributed by atoms with Gasteiger partial charge in [0.05, 0.1) is 0 Å². The van der Waals surface area contributed by atoms with E-state index < -0.39 is 11.8 Å². The third-order valence-electron chi connectivity index (χ3n) is 4.65. The van der Waals surface area contributed by atoms with Crippen LogP contribution >= 0.6 is 34.8 Å². The number of hydrogen-bond donors (Lipinski definition) is 4. The van der Waals surface area contributed by atoms with Crippen LogP contribution in [0.15, 0.2) is 54.6 Å². The molecule has 0 spiro atoms. The number of carbonyl (C=O) groups excluding carboxylic acids is 2. The van der Waals surface area contributed by atoms with E-state index in [-0.39, 0.29) is 36.9 Å². The molecule has 0 radical (unpaired) electrons. The molecule has 6 N–H and O–H groups in total. The molecular formula is C24H21Cl3N4O4. The van der Waals surface area contributed by atoms with Crippen LogP contribution in [-0.2, 0) is 17.9 Å². The fourth-order valence-electron chi connectivity index (χ4n) is 3.07. The van der Waals surface area contributed by atoms with Crippen LogP contribution in [0.2, 0.25) is 15.1 Å². The lowest BCUT2D eigenvalue weighted by Gasteiger charge is -2.14. The summed E-state index contributed by atoms with van der Waals surface area (Å²) in [6.45, 7) is -0.130. The second kappa shape index (κ2) is 11.8. The number of halogens is 3. The second-order valence-corrected chi connectivity index (χ2v) is 8.73. The Balaban J connectivity index is 1.71. The van der Waals surface area contributed by atoms with E-state index in [0.29, 0.717) is 31.9 Å². The van der Waals surface area contributed by atoms with Crippen molar-refractivity contribution in [3.63, 3.8) is 0 Å². The van der Waals surface area contributed by atoms with E-state index in [4.69, 9.17) is 61.2 Å². The van der Waals surface area contributed by atoms with Crippen molar-refractivity contribution in [2.24, 2.45) is 11.5 Å². The highest BCUT2D eigenvalue weighted by atomic mass is 35.5. The molecule has 3 aromatic carbocycles. The lowest BCUT2D eigenvalue weighted by Crippen LogP contribution is -2.24. The van der Waals surface area contributed by atoms with E-state index in [0.717, 1.165) is 5.56 Å². The lowest BCUT2D eigenvalue weighted by molar-refractivity contribution is -0.119. The van der Waals surface area contributed by atoms with Crippen LogP contribution in [0.4, 0.5) is 0 Å². The maximum Gasteiger partial charge on any atom is 0.255 e. The molecule has 0 aromatic heterocycles. The molecule has 3 aromatic rings. The molecule has 182 valence electrons. The smallest absolute Gasteiger partial charge is 0.255 e. The van der Waals surface area contributed by atoms with Crippen molar-refractivity contribution in [3.05, 3.63) is 91.9 Å². The van der Waals surface area contributed by atoms with Gasteiger partial charge in [0.25, 0.3) is 11.8 Å². The number of amides is 2. The van der Waals surface area contributed by atoms with Gasteiger partial charge in [-0.15, -0.1) is 0 Å². The number of rotatable bonds is 10. The minimum absolute atomic E-state index is 0.0643. The first-order valence-electron chi connectivity index (χ1n) is 10.2. The van der Waals surface area contributed by atoms with Gasteiger partial charge < -0.3 is 26.3 Å². The Kier molecular flexibility index (Phi) is 8.81. The average molecular weight is 536 g/mol. The molecule has 0 bridgehead atoms. The van der Waals surface area contributed by atoms with E-state index in [1.807, 2.05) is 0 Å². The number of carbonyl (C=O) groups is 2. The molecule has 0 fully saturated rings. The molecule has 35 heavy (non-hydrogen) atoms. The Hall–Kier alpha value is -3.46. The molecule has 8 nitrogen and oxygen atoms in total. The van der Waals surface area contributed by atoms with Gasteiger partial charge >= 0.3 is 0 Å². The number of nitrogens with one attached hydrogen (secondary N) is 2. The van der Waals surface area contributed by atoms with Gasteiger partial charge in [-0.2, -0.15) is 0 Å². The van der Waals surface area contributed by atoms with Gasteiger partial charge in [-0.3, -0.25) is 15.0 Å². The highest BCUT2D eigenvalue weighted by Crippen LogP contribution is 2.25. The molecule has 0 aliphatic rings. The third kappa shape index (κ3) is 7.78. The predicted octanol–water partition coefficient (Wildman–Crippen LogP) is 4.30. The summed E-state index contributed by atoms with van der Waals surface area (Å²) in [6.07, 6.45) is 0. The number of ether oxygens (including phenoxy) is 2. The van der Waals surface area contributed by atoms with Crippen LogP contribution in [-0.4, -0.2) is 24.3 Å². The Morgan fingerprint density at radius 2 is 1.54 bits per heavy atom. The van der Waals surface area contributed by atoms with Crippen LogP contribution in [0.25, 0.3) is 0 Å². The summed E-state index contributed by atoms with van der Waals surface area (Å²) >= 11 is 18.2. The lowest BCUT2D eigenvalue weighted by atomic mass is 10.1. The minimum atomic E-state index is -0.667. The van der Waals surface area contributed by atoms with Crippen molar-refractivity contribution in [3.8, 4) is 11.5 Å². The standard InChI is InChI=1S/C24H21Cl3N4O4/c25-17-3-13(4-18(26)8-17)11-34-20-6-16(5-19(27)9-20)24(33)31-10-15-2-1-14(23(29)30)7-21(15)35-12-22(28)32/h1-9H,10-12H2,(H2,28,32)(H3,29,30)(H,31,33). The van der Waals surface area contributed by atoms with Crippen LogP contribution < -0.4 is 26.3 Å². The number of benzene rings is 3. The molecule has 0 heterocycles. The van der Waals surface area contributed by atoms with Gasteiger partial charge in [0.2, 0.25) is 0 Å². The fourth-order valence-corrected chi connectivity index (χ4v) is 3.86. The van der Waals surface area contributed by atoms with E-state index in [2.05, 4.69) is 5.32 Å². The Morgan fingerprint density at radius 3 is 2.20 bits per heavy atom. The highest BCUT2D eigenvalue weighted by molar-refractivity contribution is 6.34. The summed E-state index contributed by atoms with van der Waals surface area (Å²) in [5.41, 5.74) is 12.7. The van der Waals surface area contributed by atoms with Crippen LogP contribution in [0.1, 0.15) is 27.0 Å². The zero-order valence-corrected chi connectivity index (χ0v) is 20.5. The van der Waals surface area contributed by atoms with Crippen molar-refractivity contribution in [1.29, 1.82) is 5.41 Å². The van der Waals surface area contributed by atoms with Crippen molar-refractivity contribution in [2.45, 2.75) is 13.2 Å². The van der Waals surface area contributed by atoms with E-state index in [1.54, 1.807) is 42.5 Å². The maximum absolute atomic E-state index is 12.8. The quantitative estimate of drug-likeness (QED) is 0.226. The van der Waals surface area contributed by atoms with Gasteiger partial charge in [-0.1, -0.05) is 46.9 Å². The number of nitrogen functional groups attached to an aromatic ring is 1. The molecule has 0 aliphatic carbocycles. The third-order valence-corrected chi connectivity index (χ3v) is 5.30. The Morgan fingerprint density at radius 1 is 0.857 bits per heavy atom. The zero-order valence-electron chi connectivity index (χ0n) is 18.2. The molecule has 11 heteroatoms. The van der Waals surface area contributed by atoms with E-state index in [1.165, 1.54) is 12.1 Å². The largest absolute Gasteiger partial charge is 0.489 e. The second-order valence-electron chi connectivity index (χ2n) is 7.42. The van der Waals surface area contributed by atoms with Crippen LogP contribution in [0, 0.1) is 5.41 Å². The van der Waals surface area contributed by atoms with Crippen molar-refractivity contribution in [1.82, 2.24) is 5.32 Å². The molecule has 3 rings (SSSR count). The van der Waals surface area contributed by atoms with E-state index in [9.17, 15) is 9.59 Å². The molecule has 0 unspecified atom stereocenters. The molecule has 2 amide bonds. The summed E-state index contributed by atoms with van der Waals surface area (Å²) in [7, 11) is 0. The first kappa shape index (κ1) is 26.2. The monoisotopic (exact) mass is 534 g/mol. The maximum atomic E-state index is 12.8. The number of amidine groups is 1. The summed E-state index contributed by atoms with van der Waals surface area (Å²) < 4.78 is 11.2. The van der Waals surface area contributed by atoms with Crippen molar-refractivity contribution < 1.29 is 19.1 Å². The summed E-state index contributed by atoms with van der Waals surface area (Å²) in [4.78, 5) is 23.9. The molecule has 0 saturated heterocycles. The summed E-state index contributed by atoms with van der Waals surface area (Å²) in [5, 5.41) is 11.6. The first-order chi connectivity index (χ1) is 16.6. The first-order valence-corrected chi connectivity index (χ1v) is 11.3. The van der Waals surface area contributed by atoms with Gasteiger partial charge in [-0.05, 0) is 48.0 Å². The Bertz CT molecular complexity index is 1260. The summed E-state index contributed by atoms with van der Waals surface area (Å²) in [5.74, 6) is -0.600. The Labute approximate surface area is 216 Å². The topological polar surface area (TPSA) is 141 Å². The zero-order chi connectivity index (χ0) is 25.5. The number of primary amides is 1. The minimum Gasteiger partial charge on any atom is -0.489 e. The average Bonchev–Trinajstić information content (AvgIpc) is 2.79. The normalized spacial score (nSPS) is 10.5. The van der Waals surface area contributed by atoms with Gasteiger partial charge in [0.15, 0.2) is 6.61 Å². The molecule has 0 saturated carbocycles. The number of hydrogen-bond acceptors (Lipinski definition) is 5. The van der Waals surface area contributed by atoms with Crippen LogP contribution in [0.3, 0.4) is 0 Å². The molecule has 0 aliphatic heterocycles. The van der Waals surface area contributed by atoms with Gasteiger partial charge in [0, 0.05) is 38.3 Å². The SMILES string of the molecule is N=C(N)c1ccc(CNC(=O)c2cc(Cl)cc(OCc3cc(Cl)cc(Cl)c3)c2)c(OCC(N)=O)c1. The molecule has 0 atom stereocenters. The number of nitrogens with two attached hydrogens (primary N) is 2. The van der Waals surface area contributed by atoms with Crippen molar-refractivity contribution in [2.75, 3.05) is 6.61 Å². The highest BCUT2D eigenvalue weighted by Gasteiger charge is 2.13. The van der Waals surface area contributed by atoms with Gasteiger partial charge in [-0.25, -0.2) is 0 Å². The van der Waals surface area contributed by atoms with Crippen molar-refractivity contribution >= 4 is 52.5 Å². The predicted molar refractivity (Wildman–Crippen MR) is 136 cm³/mol. The van der Waals surface area contributed by atoms with Gasteiger partial charge in [0.1, 0.15) is 23.9 Å². The van der Waals surface area contributed by atoms with E-state index >= 15 is 0 Å². The molecular weight excluding hydrogens is 515 g/mol.